The van der Waals surface area contributed by atoms with Gasteiger partial charge in [-0.1, -0.05) is 6.42 Å². The van der Waals surface area contributed by atoms with Crippen LogP contribution in [0.1, 0.15) is 56.3 Å². The van der Waals surface area contributed by atoms with Crippen LogP contribution in [0.15, 0.2) is 30.7 Å². The zero-order valence-electron chi connectivity index (χ0n) is 20.1. The van der Waals surface area contributed by atoms with Crippen molar-refractivity contribution in [1.82, 2.24) is 24.6 Å². The number of ketones is 1. The van der Waals surface area contributed by atoms with Gasteiger partial charge in [-0.15, -0.1) is 0 Å². The molecule has 4 heterocycles. The van der Waals surface area contributed by atoms with Crippen LogP contribution < -0.4 is 0 Å². The first-order chi connectivity index (χ1) is 16.6. The lowest BCUT2D eigenvalue weighted by atomic mass is 9.79. The van der Waals surface area contributed by atoms with Gasteiger partial charge in [0.25, 0.3) is 0 Å². The maximum Gasteiger partial charge on any atom is 0.141 e. The van der Waals surface area contributed by atoms with Gasteiger partial charge in [0.2, 0.25) is 0 Å². The number of piperidine rings is 1. The molecule has 1 aliphatic heterocycles. The van der Waals surface area contributed by atoms with Crippen LogP contribution in [0.25, 0.3) is 22.0 Å². The second-order valence-corrected chi connectivity index (χ2v) is 10.1. The van der Waals surface area contributed by atoms with Crippen LogP contribution in [0, 0.1) is 11.8 Å². The molecule has 34 heavy (non-hydrogen) atoms. The highest BCUT2D eigenvalue weighted by atomic mass is 16.3. The molecular formula is C27H35N5O2. The Hall–Kier alpha value is -2.64. The number of aliphatic hydroxyl groups excluding tert-OH is 1. The van der Waals surface area contributed by atoms with Gasteiger partial charge in [-0.2, -0.15) is 5.10 Å². The fourth-order valence-corrected chi connectivity index (χ4v) is 5.53. The van der Waals surface area contributed by atoms with Crippen molar-refractivity contribution in [3.8, 4) is 11.1 Å². The van der Waals surface area contributed by atoms with Crippen LogP contribution in [0.5, 0.6) is 0 Å². The summed E-state index contributed by atoms with van der Waals surface area (Å²) in [6.07, 6.45) is 13.5. The number of likely N-dealkylation sites (tertiary alicyclic amines) is 1. The zero-order valence-corrected chi connectivity index (χ0v) is 20.1. The summed E-state index contributed by atoms with van der Waals surface area (Å²) in [5.41, 5.74) is 5.03. The van der Waals surface area contributed by atoms with Gasteiger partial charge in [0, 0.05) is 60.9 Å². The summed E-state index contributed by atoms with van der Waals surface area (Å²) >= 11 is 0. The zero-order chi connectivity index (χ0) is 23.5. The summed E-state index contributed by atoms with van der Waals surface area (Å²) in [6.45, 7) is 3.42. The highest BCUT2D eigenvalue weighted by Gasteiger charge is 2.26. The molecule has 1 aliphatic carbocycles. The smallest absolute Gasteiger partial charge is 0.141 e. The molecule has 0 bridgehead atoms. The fourth-order valence-electron chi connectivity index (χ4n) is 5.53. The third-order valence-corrected chi connectivity index (χ3v) is 7.73. The number of aryl methyl sites for hydroxylation is 1. The standard InChI is InChI=1S/C27H35N5O2/c1-31-26(17-32-9-3-2-4-10-32)24(15-30-31)22-11-21-12-23(28-16-25(21)29-14-22)13-27(34)20-7-5-19(18-33)6-8-20/h11-12,14-16,19-20,33H,2-10,13,17-18H2,1H3. The van der Waals surface area contributed by atoms with E-state index in [-0.39, 0.29) is 18.3 Å². The van der Waals surface area contributed by atoms with E-state index in [9.17, 15) is 9.90 Å². The van der Waals surface area contributed by atoms with Crippen molar-refractivity contribution >= 4 is 16.7 Å². The molecular weight excluding hydrogens is 426 g/mol. The van der Waals surface area contributed by atoms with E-state index in [2.05, 4.69) is 26.0 Å². The van der Waals surface area contributed by atoms with Gasteiger partial charge >= 0.3 is 0 Å². The van der Waals surface area contributed by atoms with Crippen LogP contribution in [0.3, 0.4) is 0 Å². The lowest BCUT2D eigenvalue weighted by Crippen LogP contribution is -2.30. The van der Waals surface area contributed by atoms with E-state index in [1.54, 1.807) is 6.20 Å². The van der Waals surface area contributed by atoms with Gasteiger partial charge in [0.15, 0.2) is 0 Å². The highest BCUT2D eigenvalue weighted by Crippen LogP contribution is 2.30. The number of Topliss-reactive ketones (excluding diaryl/α,β-unsaturated/α-hetero) is 1. The Labute approximate surface area is 201 Å². The Bertz CT molecular complexity index is 1140. The van der Waals surface area contributed by atoms with E-state index < -0.39 is 0 Å². The van der Waals surface area contributed by atoms with Gasteiger partial charge in [-0.05, 0) is 69.7 Å². The SMILES string of the molecule is Cn1ncc(-c2cnc3cnc(CC(=O)C4CCC(CO)CC4)cc3c2)c1CN1CCCCC1. The van der Waals surface area contributed by atoms with Crippen molar-refractivity contribution in [2.75, 3.05) is 19.7 Å². The van der Waals surface area contributed by atoms with Gasteiger partial charge in [-0.25, -0.2) is 0 Å². The molecule has 1 N–H and O–H groups in total. The van der Waals surface area contributed by atoms with Crippen LogP contribution in [-0.2, 0) is 24.8 Å². The van der Waals surface area contributed by atoms with E-state index in [0.29, 0.717) is 12.3 Å². The molecule has 3 aromatic heterocycles. The van der Waals surface area contributed by atoms with E-state index in [4.69, 9.17) is 0 Å². The molecule has 0 atom stereocenters. The number of aromatic nitrogens is 4. The van der Waals surface area contributed by atoms with Crippen molar-refractivity contribution in [2.24, 2.45) is 18.9 Å². The normalized spacial score (nSPS) is 21.7. The average molecular weight is 462 g/mol. The predicted octanol–water partition coefficient (Wildman–Crippen LogP) is 3.93. The molecule has 3 aromatic rings. The van der Waals surface area contributed by atoms with Gasteiger partial charge < -0.3 is 5.11 Å². The van der Waals surface area contributed by atoms with Crippen molar-refractivity contribution in [3.05, 3.63) is 42.1 Å². The average Bonchev–Trinajstić information content (AvgIpc) is 3.24. The molecule has 2 fully saturated rings. The molecule has 7 nitrogen and oxygen atoms in total. The summed E-state index contributed by atoms with van der Waals surface area (Å²) < 4.78 is 1.98. The van der Waals surface area contributed by atoms with E-state index in [0.717, 1.165) is 73.0 Å². The summed E-state index contributed by atoms with van der Waals surface area (Å²) in [5, 5.41) is 14.9. The molecule has 1 saturated heterocycles. The Morgan fingerprint density at radius 3 is 2.59 bits per heavy atom. The number of aliphatic hydroxyl groups is 1. The molecule has 5 rings (SSSR count). The second-order valence-electron chi connectivity index (χ2n) is 10.1. The predicted molar refractivity (Wildman–Crippen MR) is 132 cm³/mol. The van der Waals surface area contributed by atoms with Crippen molar-refractivity contribution in [3.63, 3.8) is 0 Å². The first-order valence-corrected chi connectivity index (χ1v) is 12.7. The minimum absolute atomic E-state index is 0.0949. The first-order valence-electron chi connectivity index (χ1n) is 12.7. The molecule has 2 aliphatic rings. The van der Waals surface area contributed by atoms with Crippen molar-refractivity contribution < 1.29 is 9.90 Å². The Kier molecular flexibility index (Phi) is 7.02. The minimum atomic E-state index is 0.0949. The van der Waals surface area contributed by atoms with Crippen LogP contribution in [-0.4, -0.2) is 55.2 Å². The quantitative estimate of drug-likeness (QED) is 0.574. The molecule has 0 amide bonds. The van der Waals surface area contributed by atoms with Crippen LogP contribution in [0.4, 0.5) is 0 Å². The summed E-state index contributed by atoms with van der Waals surface area (Å²) in [5.74, 6) is 0.723. The first kappa shape index (κ1) is 23.1. The summed E-state index contributed by atoms with van der Waals surface area (Å²) in [7, 11) is 2.01. The summed E-state index contributed by atoms with van der Waals surface area (Å²) in [6, 6.07) is 4.17. The van der Waals surface area contributed by atoms with Crippen molar-refractivity contribution in [2.45, 2.75) is 57.9 Å². The molecule has 0 radical (unpaired) electrons. The third-order valence-electron chi connectivity index (χ3n) is 7.73. The van der Waals surface area contributed by atoms with E-state index >= 15 is 0 Å². The molecule has 180 valence electrons. The fraction of sp³-hybridized carbons (Fsp3) is 0.556. The lowest BCUT2D eigenvalue weighted by Gasteiger charge is -2.26. The molecule has 0 aromatic carbocycles. The van der Waals surface area contributed by atoms with E-state index in [1.807, 2.05) is 30.2 Å². The number of rotatable bonds is 7. The number of hydrogen-bond acceptors (Lipinski definition) is 6. The number of pyridine rings is 2. The summed E-state index contributed by atoms with van der Waals surface area (Å²) in [4.78, 5) is 24.6. The molecule has 1 saturated carbocycles. The minimum Gasteiger partial charge on any atom is -0.396 e. The second kappa shape index (κ2) is 10.3. The maximum absolute atomic E-state index is 12.9. The van der Waals surface area contributed by atoms with Crippen LogP contribution in [0.2, 0.25) is 0 Å². The van der Waals surface area contributed by atoms with Crippen LogP contribution >= 0.6 is 0 Å². The number of carbonyl (C=O) groups excluding carboxylic acids is 1. The highest BCUT2D eigenvalue weighted by molar-refractivity contribution is 5.86. The number of fused-ring (bicyclic) bond motifs is 1. The molecule has 0 unspecified atom stereocenters. The Balaban J connectivity index is 1.34. The Morgan fingerprint density at radius 2 is 1.82 bits per heavy atom. The Morgan fingerprint density at radius 1 is 1.03 bits per heavy atom. The third kappa shape index (κ3) is 5.05. The maximum atomic E-state index is 12.9. The van der Waals surface area contributed by atoms with Gasteiger partial charge in [0.1, 0.15) is 5.78 Å². The number of carbonyl (C=O) groups is 1. The topological polar surface area (TPSA) is 84.1 Å². The lowest BCUT2D eigenvalue weighted by molar-refractivity contribution is -0.123. The monoisotopic (exact) mass is 461 g/mol. The van der Waals surface area contributed by atoms with E-state index in [1.165, 1.54) is 25.0 Å². The van der Waals surface area contributed by atoms with Gasteiger partial charge in [0.05, 0.1) is 23.6 Å². The van der Waals surface area contributed by atoms with Crippen molar-refractivity contribution in [1.29, 1.82) is 0 Å². The number of hydrogen-bond donors (Lipinski definition) is 1. The largest absolute Gasteiger partial charge is 0.396 e. The number of nitrogens with zero attached hydrogens (tertiary/aromatic N) is 5. The molecule has 0 spiro atoms. The molecule has 7 heteroatoms. The van der Waals surface area contributed by atoms with Gasteiger partial charge in [-0.3, -0.25) is 24.3 Å².